The van der Waals surface area contributed by atoms with Gasteiger partial charge in [-0.3, -0.25) is 0 Å². The lowest BCUT2D eigenvalue weighted by molar-refractivity contribution is 0.390. The number of benzene rings is 2. The minimum Gasteiger partial charge on any atom is -0.495 e. The summed E-state index contributed by atoms with van der Waals surface area (Å²) in [5.41, 5.74) is 2.30. The molecule has 0 saturated heterocycles. The maximum absolute atomic E-state index is 5.63. The third kappa shape index (κ3) is 2.67. The van der Waals surface area contributed by atoms with Gasteiger partial charge in [0.1, 0.15) is 21.5 Å². The molecular formula is C15H13BrN2O3. The van der Waals surface area contributed by atoms with Crippen LogP contribution in [0.5, 0.6) is 11.5 Å². The molecule has 0 bridgehead atoms. The maximum Gasteiger partial charge on any atom is 0.300 e. The van der Waals surface area contributed by atoms with Crippen LogP contribution in [0.3, 0.4) is 0 Å². The molecule has 1 N–H and O–H groups in total. The SMILES string of the molecule is COc1cc(Nc2nc3ccccc3o2)cc(OC)c1Br. The van der Waals surface area contributed by atoms with Crippen LogP contribution in [-0.4, -0.2) is 19.2 Å². The summed E-state index contributed by atoms with van der Waals surface area (Å²) < 4.78 is 17.0. The van der Waals surface area contributed by atoms with E-state index < -0.39 is 0 Å². The molecule has 0 fully saturated rings. The number of ether oxygens (including phenoxy) is 2. The highest BCUT2D eigenvalue weighted by atomic mass is 79.9. The first-order valence-electron chi connectivity index (χ1n) is 6.25. The van der Waals surface area contributed by atoms with Crippen molar-refractivity contribution in [3.63, 3.8) is 0 Å². The Hall–Kier alpha value is -2.21. The normalized spacial score (nSPS) is 10.6. The number of hydrogen-bond acceptors (Lipinski definition) is 5. The van der Waals surface area contributed by atoms with Gasteiger partial charge in [-0.2, -0.15) is 4.98 Å². The second-order valence-electron chi connectivity index (χ2n) is 4.31. The molecule has 1 heterocycles. The highest BCUT2D eigenvalue weighted by Crippen LogP contribution is 2.38. The van der Waals surface area contributed by atoms with E-state index >= 15 is 0 Å². The Morgan fingerprint density at radius 3 is 2.38 bits per heavy atom. The van der Waals surface area contributed by atoms with Gasteiger partial charge in [-0.1, -0.05) is 12.1 Å². The summed E-state index contributed by atoms with van der Waals surface area (Å²) >= 11 is 3.43. The van der Waals surface area contributed by atoms with Gasteiger partial charge in [-0.05, 0) is 28.1 Å². The number of para-hydroxylation sites is 2. The molecule has 0 radical (unpaired) electrons. The fourth-order valence-electron chi connectivity index (χ4n) is 1.99. The summed E-state index contributed by atoms with van der Waals surface area (Å²) in [6.45, 7) is 0. The van der Waals surface area contributed by atoms with Crippen LogP contribution in [0.25, 0.3) is 11.1 Å². The predicted octanol–water partition coefficient (Wildman–Crippen LogP) is 4.35. The van der Waals surface area contributed by atoms with Crippen molar-refractivity contribution in [1.82, 2.24) is 4.98 Å². The molecule has 3 aromatic rings. The van der Waals surface area contributed by atoms with Crippen molar-refractivity contribution < 1.29 is 13.9 Å². The number of anilines is 2. The van der Waals surface area contributed by atoms with Crippen LogP contribution in [0, 0.1) is 0 Å². The first kappa shape index (κ1) is 13.8. The molecule has 6 heteroatoms. The number of halogens is 1. The van der Waals surface area contributed by atoms with E-state index in [0.717, 1.165) is 21.3 Å². The molecule has 108 valence electrons. The minimum atomic E-state index is 0.419. The summed E-state index contributed by atoms with van der Waals surface area (Å²) in [6.07, 6.45) is 0. The fourth-order valence-corrected chi connectivity index (χ4v) is 2.54. The Labute approximate surface area is 130 Å². The summed E-state index contributed by atoms with van der Waals surface area (Å²) in [7, 11) is 3.20. The van der Waals surface area contributed by atoms with E-state index in [1.807, 2.05) is 36.4 Å². The average molecular weight is 349 g/mol. The quantitative estimate of drug-likeness (QED) is 0.759. The molecule has 0 aliphatic carbocycles. The van der Waals surface area contributed by atoms with Gasteiger partial charge in [0.15, 0.2) is 5.58 Å². The number of nitrogens with one attached hydrogen (secondary N) is 1. The molecule has 0 amide bonds. The van der Waals surface area contributed by atoms with Crippen LogP contribution in [0.4, 0.5) is 11.7 Å². The number of hydrogen-bond donors (Lipinski definition) is 1. The number of aromatic nitrogens is 1. The van der Waals surface area contributed by atoms with Gasteiger partial charge >= 0.3 is 0 Å². The van der Waals surface area contributed by atoms with Gasteiger partial charge in [0.2, 0.25) is 0 Å². The Balaban J connectivity index is 1.97. The van der Waals surface area contributed by atoms with E-state index in [2.05, 4.69) is 26.2 Å². The number of methoxy groups -OCH3 is 2. The molecule has 3 rings (SSSR count). The van der Waals surface area contributed by atoms with Gasteiger partial charge in [0.25, 0.3) is 6.01 Å². The van der Waals surface area contributed by atoms with Crippen molar-refractivity contribution in [3.8, 4) is 11.5 Å². The number of rotatable bonds is 4. The van der Waals surface area contributed by atoms with E-state index in [1.165, 1.54) is 0 Å². The van der Waals surface area contributed by atoms with Crippen molar-refractivity contribution in [1.29, 1.82) is 0 Å². The zero-order valence-electron chi connectivity index (χ0n) is 11.5. The number of oxazole rings is 1. The highest BCUT2D eigenvalue weighted by Gasteiger charge is 2.12. The number of nitrogens with zero attached hydrogens (tertiary/aromatic N) is 1. The number of fused-ring (bicyclic) bond motifs is 1. The molecule has 0 aliphatic heterocycles. The van der Waals surface area contributed by atoms with Crippen LogP contribution in [0.1, 0.15) is 0 Å². The molecule has 21 heavy (non-hydrogen) atoms. The lowest BCUT2D eigenvalue weighted by Crippen LogP contribution is -1.95. The standard InChI is InChI=1S/C15H13BrN2O3/c1-19-12-7-9(8-13(20-2)14(12)16)17-15-18-10-5-3-4-6-11(10)21-15/h3-8H,1-2H3,(H,17,18). The lowest BCUT2D eigenvalue weighted by Gasteiger charge is -2.11. The van der Waals surface area contributed by atoms with Crippen LogP contribution in [0.2, 0.25) is 0 Å². The third-order valence-electron chi connectivity index (χ3n) is 2.99. The molecule has 0 saturated carbocycles. The summed E-state index contributed by atoms with van der Waals surface area (Å²) in [6, 6.07) is 11.7. The van der Waals surface area contributed by atoms with Crippen molar-refractivity contribution in [3.05, 3.63) is 40.9 Å². The highest BCUT2D eigenvalue weighted by molar-refractivity contribution is 9.10. The van der Waals surface area contributed by atoms with Crippen LogP contribution in [0.15, 0.2) is 45.3 Å². The summed E-state index contributed by atoms with van der Waals surface area (Å²) in [4.78, 5) is 4.37. The van der Waals surface area contributed by atoms with Gasteiger partial charge in [0, 0.05) is 17.8 Å². The van der Waals surface area contributed by atoms with E-state index in [0.29, 0.717) is 17.5 Å². The first-order chi connectivity index (χ1) is 10.2. The van der Waals surface area contributed by atoms with E-state index in [9.17, 15) is 0 Å². The molecule has 0 unspecified atom stereocenters. The van der Waals surface area contributed by atoms with Gasteiger partial charge in [0.05, 0.1) is 14.2 Å². The minimum absolute atomic E-state index is 0.419. The third-order valence-corrected chi connectivity index (χ3v) is 3.77. The van der Waals surface area contributed by atoms with E-state index in [1.54, 1.807) is 14.2 Å². The van der Waals surface area contributed by atoms with Crippen molar-refractivity contribution >= 4 is 38.7 Å². The fraction of sp³-hybridized carbons (Fsp3) is 0.133. The van der Waals surface area contributed by atoms with Gasteiger partial charge in [-0.25, -0.2) is 0 Å². The van der Waals surface area contributed by atoms with Crippen LogP contribution in [-0.2, 0) is 0 Å². The summed E-state index contributed by atoms with van der Waals surface area (Å²) in [5, 5.41) is 3.11. The molecule has 0 spiro atoms. The Kier molecular flexibility index (Phi) is 3.70. The largest absolute Gasteiger partial charge is 0.495 e. The predicted molar refractivity (Wildman–Crippen MR) is 84.5 cm³/mol. The smallest absolute Gasteiger partial charge is 0.300 e. The zero-order chi connectivity index (χ0) is 14.8. The van der Waals surface area contributed by atoms with Crippen molar-refractivity contribution in [2.75, 3.05) is 19.5 Å². The van der Waals surface area contributed by atoms with Crippen molar-refractivity contribution in [2.45, 2.75) is 0 Å². The average Bonchev–Trinajstić information content (AvgIpc) is 2.90. The molecule has 2 aromatic carbocycles. The van der Waals surface area contributed by atoms with E-state index in [-0.39, 0.29) is 0 Å². The second kappa shape index (κ2) is 5.65. The van der Waals surface area contributed by atoms with E-state index in [4.69, 9.17) is 13.9 Å². The molecule has 0 aliphatic rings. The second-order valence-corrected chi connectivity index (χ2v) is 5.10. The van der Waals surface area contributed by atoms with Gasteiger partial charge in [-0.15, -0.1) is 0 Å². The monoisotopic (exact) mass is 348 g/mol. The lowest BCUT2D eigenvalue weighted by atomic mass is 10.3. The Morgan fingerprint density at radius 1 is 1.10 bits per heavy atom. The molecule has 1 aromatic heterocycles. The van der Waals surface area contributed by atoms with Crippen LogP contribution < -0.4 is 14.8 Å². The summed E-state index contributed by atoms with van der Waals surface area (Å²) in [5.74, 6) is 1.32. The Morgan fingerprint density at radius 2 is 1.76 bits per heavy atom. The maximum atomic E-state index is 5.63. The van der Waals surface area contributed by atoms with Crippen LogP contribution >= 0.6 is 15.9 Å². The van der Waals surface area contributed by atoms with Gasteiger partial charge < -0.3 is 19.2 Å². The molecular weight excluding hydrogens is 336 g/mol. The first-order valence-corrected chi connectivity index (χ1v) is 7.04. The van der Waals surface area contributed by atoms with Crippen molar-refractivity contribution in [2.24, 2.45) is 0 Å². The molecule has 0 atom stereocenters. The topological polar surface area (TPSA) is 56.5 Å². The molecule has 5 nitrogen and oxygen atoms in total. The Bertz CT molecular complexity index is 727. The zero-order valence-corrected chi connectivity index (χ0v) is 13.1.